The van der Waals surface area contributed by atoms with E-state index in [1.807, 2.05) is 11.9 Å². The van der Waals surface area contributed by atoms with Gasteiger partial charge in [0.25, 0.3) is 0 Å². The average Bonchev–Trinajstić information content (AvgIpc) is 2.26. The summed E-state index contributed by atoms with van der Waals surface area (Å²) in [5.41, 5.74) is 0.0972. The second kappa shape index (κ2) is 5.15. The first kappa shape index (κ1) is 13.5. The van der Waals surface area contributed by atoms with Crippen LogP contribution in [0.5, 0.6) is 0 Å². The standard InChI is InChI=1S/C12H24N2O2/c1-9(12(2,3)4)14(5)11(15)10-8-16-7-6-13-10/h9-10,13H,6-8H2,1-5H3. The van der Waals surface area contributed by atoms with E-state index >= 15 is 0 Å². The molecule has 0 aliphatic carbocycles. The van der Waals surface area contributed by atoms with Crippen LogP contribution in [0.15, 0.2) is 0 Å². The van der Waals surface area contributed by atoms with Gasteiger partial charge >= 0.3 is 0 Å². The molecule has 0 radical (unpaired) electrons. The number of carbonyl (C=O) groups is 1. The highest BCUT2D eigenvalue weighted by Gasteiger charge is 2.31. The highest BCUT2D eigenvalue weighted by Crippen LogP contribution is 2.23. The van der Waals surface area contributed by atoms with Crippen molar-refractivity contribution in [2.75, 3.05) is 26.8 Å². The molecule has 1 heterocycles. The number of amides is 1. The number of hydrogen-bond acceptors (Lipinski definition) is 3. The fraction of sp³-hybridized carbons (Fsp3) is 0.917. The van der Waals surface area contributed by atoms with E-state index in [0.29, 0.717) is 13.2 Å². The highest BCUT2D eigenvalue weighted by molar-refractivity contribution is 5.82. The van der Waals surface area contributed by atoms with Gasteiger partial charge in [-0.25, -0.2) is 0 Å². The summed E-state index contributed by atoms with van der Waals surface area (Å²) in [5.74, 6) is 0.127. The maximum Gasteiger partial charge on any atom is 0.242 e. The second-order valence-corrected chi connectivity index (χ2v) is 5.57. The number of ether oxygens (including phenoxy) is 1. The van der Waals surface area contributed by atoms with Crippen molar-refractivity contribution >= 4 is 5.91 Å². The summed E-state index contributed by atoms with van der Waals surface area (Å²) in [5, 5.41) is 3.19. The smallest absolute Gasteiger partial charge is 0.242 e. The SMILES string of the molecule is CC(N(C)C(=O)C1COCCN1)C(C)(C)C. The highest BCUT2D eigenvalue weighted by atomic mass is 16.5. The summed E-state index contributed by atoms with van der Waals surface area (Å²) in [6.07, 6.45) is 0. The van der Waals surface area contributed by atoms with Gasteiger partial charge in [0.05, 0.1) is 13.2 Å². The summed E-state index contributed by atoms with van der Waals surface area (Å²) in [6, 6.07) is 0.0345. The molecule has 4 nitrogen and oxygen atoms in total. The molecule has 0 aromatic carbocycles. The predicted molar refractivity (Wildman–Crippen MR) is 64.3 cm³/mol. The molecule has 1 aliphatic rings. The predicted octanol–water partition coefficient (Wildman–Crippen LogP) is 0.868. The van der Waals surface area contributed by atoms with Gasteiger partial charge in [-0.2, -0.15) is 0 Å². The van der Waals surface area contributed by atoms with Crippen LogP contribution in [0.4, 0.5) is 0 Å². The lowest BCUT2D eigenvalue weighted by molar-refractivity contribution is -0.138. The Bertz CT molecular complexity index is 242. The Kier molecular flexibility index (Phi) is 4.33. The Balaban J connectivity index is 2.58. The minimum atomic E-state index is -0.177. The monoisotopic (exact) mass is 228 g/mol. The number of rotatable bonds is 2. The summed E-state index contributed by atoms with van der Waals surface area (Å²) in [7, 11) is 1.87. The number of likely N-dealkylation sites (N-methyl/N-ethyl adjacent to an activating group) is 1. The molecular formula is C12H24N2O2. The molecule has 0 spiro atoms. The van der Waals surface area contributed by atoms with Gasteiger partial charge in [0, 0.05) is 19.6 Å². The maximum atomic E-state index is 12.2. The van der Waals surface area contributed by atoms with E-state index in [-0.39, 0.29) is 23.4 Å². The average molecular weight is 228 g/mol. The molecule has 16 heavy (non-hydrogen) atoms. The molecule has 0 bridgehead atoms. The Morgan fingerprint density at radius 3 is 2.56 bits per heavy atom. The quantitative estimate of drug-likeness (QED) is 0.762. The fourth-order valence-electron chi connectivity index (χ4n) is 1.74. The second-order valence-electron chi connectivity index (χ2n) is 5.57. The van der Waals surface area contributed by atoms with E-state index in [1.54, 1.807) is 0 Å². The van der Waals surface area contributed by atoms with Crippen molar-refractivity contribution in [3.05, 3.63) is 0 Å². The van der Waals surface area contributed by atoms with E-state index in [1.165, 1.54) is 0 Å². The van der Waals surface area contributed by atoms with Gasteiger partial charge in [-0.05, 0) is 12.3 Å². The molecule has 0 aromatic rings. The third kappa shape index (κ3) is 3.19. The summed E-state index contributed by atoms with van der Waals surface area (Å²) in [6.45, 7) is 10.5. The van der Waals surface area contributed by atoms with E-state index < -0.39 is 0 Å². The van der Waals surface area contributed by atoms with Crippen molar-refractivity contribution in [3.8, 4) is 0 Å². The lowest BCUT2D eigenvalue weighted by Gasteiger charge is -2.38. The van der Waals surface area contributed by atoms with Crippen LogP contribution in [-0.2, 0) is 9.53 Å². The third-order valence-electron chi connectivity index (χ3n) is 3.40. The lowest BCUT2D eigenvalue weighted by Crippen LogP contribution is -2.55. The van der Waals surface area contributed by atoms with Crippen molar-refractivity contribution in [1.82, 2.24) is 10.2 Å². The van der Waals surface area contributed by atoms with Gasteiger partial charge in [0.15, 0.2) is 0 Å². The summed E-state index contributed by atoms with van der Waals surface area (Å²) in [4.78, 5) is 14.0. The van der Waals surface area contributed by atoms with Crippen molar-refractivity contribution in [1.29, 1.82) is 0 Å². The van der Waals surface area contributed by atoms with E-state index in [0.717, 1.165) is 6.54 Å². The Labute approximate surface area is 98.3 Å². The van der Waals surface area contributed by atoms with Crippen LogP contribution >= 0.6 is 0 Å². The number of hydrogen-bond donors (Lipinski definition) is 1. The van der Waals surface area contributed by atoms with Crippen LogP contribution < -0.4 is 5.32 Å². The normalized spacial score (nSPS) is 23.9. The van der Waals surface area contributed by atoms with Gasteiger partial charge < -0.3 is 15.0 Å². The first-order chi connectivity index (χ1) is 7.34. The fourth-order valence-corrected chi connectivity index (χ4v) is 1.74. The molecule has 1 rings (SSSR count). The number of carbonyl (C=O) groups excluding carboxylic acids is 1. The molecule has 1 amide bonds. The van der Waals surface area contributed by atoms with Crippen LogP contribution in [0.2, 0.25) is 0 Å². The van der Waals surface area contributed by atoms with E-state index in [4.69, 9.17) is 4.74 Å². The maximum absolute atomic E-state index is 12.2. The molecule has 0 aromatic heterocycles. The van der Waals surface area contributed by atoms with E-state index in [2.05, 4.69) is 33.0 Å². The van der Waals surface area contributed by atoms with Gasteiger partial charge in [-0.1, -0.05) is 20.8 Å². The molecule has 94 valence electrons. The molecule has 2 unspecified atom stereocenters. The van der Waals surface area contributed by atoms with Crippen LogP contribution in [-0.4, -0.2) is 49.7 Å². The number of nitrogens with one attached hydrogen (secondary N) is 1. The first-order valence-corrected chi connectivity index (χ1v) is 5.92. The topological polar surface area (TPSA) is 41.6 Å². The number of morpholine rings is 1. The minimum absolute atomic E-state index is 0.0972. The Hall–Kier alpha value is -0.610. The van der Waals surface area contributed by atoms with Gasteiger partial charge in [0.1, 0.15) is 6.04 Å². The first-order valence-electron chi connectivity index (χ1n) is 5.92. The molecular weight excluding hydrogens is 204 g/mol. The number of nitrogens with zero attached hydrogens (tertiary/aromatic N) is 1. The largest absolute Gasteiger partial charge is 0.378 e. The van der Waals surface area contributed by atoms with Crippen molar-refractivity contribution in [2.45, 2.75) is 39.8 Å². The molecule has 2 atom stereocenters. The van der Waals surface area contributed by atoms with Crippen molar-refractivity contribution in [2.24, 2.45) is 5.41 Å². The van der Waals surface area contributed by atoms with Crippen LogP contribution in [0, 0.1) is 5.41 Å². The van der Waals surface area contributed by atoms with Crippen LogP contribution in [0.25, 0.3) is 0 Å². The van der Waals surface area contributed by atoms with Gasteiger partial charge in [-0.15, -0.1) is 0 Å². The van der Waals surface area contributed by atoms with Gasteiger partial charge in [-0.3, -0.25) is 4.79 Å². The molecule has 1 aliphatic heterocycles. The third-order valence-corrected chi connectivity index (χ3v) is 3.40. The minimum Gasteiger partial charge on any atom is -0.378 e. The van der Waals surface area contributed by atoms with Crippen LogP contribution in [0.3, 0.4) is 0 Å². The molecule has 1 N–H and O–H groups in total. The van der Waals surface area contributed by atoms with Crippen LogP contribution in [0.1, 0.15) is 27.7 Å². The van der Waals surface area contributed by atoms with Crippen molar-refractivity contribution < 1.29 is 9.53 Å². The summed E-state index contributed by atoms with van der Waals surface area (Å²) < 4.78 is 5.31. The molecule has 4 heteroatoms. The van der Waals surface area contributed by atoms with E-state index in [9.17, 15) is 4.79 Å². The zero-order chi connectivity index (χ0) is 12.3. The Morgan fingerprint density at radius 1 is 1.50 bits per heavy atom. The molecule has 1 fully saturated rings. The van der Waals surface area contributed by atoms with Crippen molar-refractivity contribution in [3.63, 3.8) is 0 Å². The Morgan fingerprint density at radius 2 is 2.12 bits per heavy atom. The molecule has 1 saturated heterocycles. The zero-order valence-corrected chi connectivity index (χ0v) is 11.0. The molecule has 0 saturated carbocycles. The lowest BCUT2D eigenvalue weighted by atomic mass is 9.87. The summed E-state index contributed by atoms with van der Waals surface area (Å²) >= 11 is 0. The van der Waals surface area contributed by atoms with Gasteiger partial charge in [0.2, 0.25) is 5.91 Å². The zero-order valence-electron chi connectivity index (χ0n) is 11.0.